The number of carbonyl (C=O) groups is 1. The van der Waals surface area contributed by atoms with Crippen LogP contribution in [-0.4, -0.2) is 17.1 Å². The number of hydrogen-bond acceptors (Lipinski definition) is 5. The van der Waals surface area contributed by atoms with Crippen LogP contribution in [0, 0.1) is 0 Å². The van der Waals surface area contributed by atoms with Crippen molar-refractivity contribution in [1.29, 1.82) is 0 Å². The molecule has 6 heteroatoms. The first kappa shape index (κ1) is 25.3. The second kappa shape index (κ2) is 12.8. The number of pyridine rings is 1. The Morgan fingerprint density at radius 1 is 0.882 bits per heavy atom. The zero-order chi connectivity index (χ0) is 24.3. The normalized spacial score (nSPS) is 10.9. The van der Waals surface area contributed by atoms with Crippen LogP contribution in [0.25, 0.3) is 10.9 Å². The minimum absolute atomic E-state index is 0.0375. The van der Waals surface area contributed by atoms with Gasteiger partial charge in [-0.1, -0.05) is 69.9 Å². The molecule has 3 aromatic rings. The number of fused-ring (bicyclic) bond motifs is 1. The molecule has 1 heterocycles. The average Bonchev–Trinajstić information content (AvgIpc) is 2.84. The standard InChI is InChI=1S/C28H35NO5/c1-4-6-8-12-18-32-26-24-16-15-23(33-20-22-13-10-9-11-14-22)19-25(24)29(17-7-5-2)28(31)27(26)34-21(3)30/h9-11,13-16,19H,4-8,12,17-18,20H2,1-3H3. The highest BCUT2D eigenvalue weighted by atomic mass is 16.6. The lowest BCUT2D eigenvalue weighted by molar-refractivity contribution is -0.132. The Balaban J connectivity index is 2.02. The van der Waals surface area contributed by atoms with E-state index in [-0.39, 0.29) is 11.3 Å². The molecular weight excluding hydrogens is 430 g/mol. The first-order valence-corrected chi connectivity index (χ1v) is 12.2. The molecule has 34 heavy (non-hydrogen) atoms. The van der Waals surface area contributed by atoms with E-state index in [1.165, 1.54) is 6.92 Å². The molecule has 0 aliphatic heterocycles. The van der Waals surface area contributed by atoms with Gasteiger partial charge in [-0.25, -0.2) is 0 Å². The number of esters is 1. The summed E-state index contributed by atoms with van der Waals surface area (Å²) >= 11 is 0. The highest BCUT2D eigenvalue weighted by Gasteiger charge is 2.21. The van der Waals surface area contributed by atoms with Crippen LogP contribution >= 0.6 is 0 Å². The lowest BCUT2D eigenvalue weighted by Crippen LogP contribution is -2.25. The summed E-state index contributed by atoms with van der Waals surface area (Å²) in [7, 11) is 0. The van der Waals surface area contributed by atoms with Gasteiger partial charge in [-0.2, -0.15) is 0 Å². The van der Waals surface area contributed by atoms with Crippen molar-refractivity contribution in [3.05, 3.63) is 64.4 Å². The Labute approximate surface area is 201 Å². The second-order valence-electron chi connectivity index (χ2n) is 8.42. The van der Waals surface area contributed by atoms with Crippen molar-refractivity contribution >= 4 is 16.9 Å². The van der Waals surface area contributed by atoms with Crippen molar-refractivity contribution in [3.63, 3.8) is 0 Å². The topological polar surface area (TPSA) is 66.8 Å². The van der Waals surface area contributed by atoms with Crippen molar-refractivity contribution < 1.29 is 19.0 Å². The van der Waals surface area contributed by atoms with Gasteiger partial charge in [0.25, 0.3) is 5.56 Å². The van der Waals surface area contributed by atoms with Crippen LogP contribution < -0.4 is 19.8 Å². The summed E-state index contributed by atoms with van der Waals surface area (Å²) in [5.41, 5.74) is 1.41. The maximum Gasteiger partial charge on any atom is 0.308 e. The van der Waals surface area contributed by atoms with E-state index in [2.05, 4.69) is 13.8 Å². The van der Waals surface area contributed by atoms with Gasteiger partial charge >= 0.3 is 5.97 Å². The van der Waals surface area contributed by atoms with Gasteiger partial charge in [0.05, 0.1) is 12.1 Å². The minimum atomic E-state index is -0.544. The van der Waals surface area contributed by atoms with Gasteiger partial charge in [0.15, 0.2) is 5.75 Å². The summed E-state index contributed by atoms with van der Waals surface area (Å²) in [6, 6.07) is 15.5. The summed E-state index contributed by atoms with van der Waals surface area (Å²) in [5, 5.41) is 0.731. The third-order valence-electron chi connectivity index (χ3n) is 5.62. The van der Waals surface area contributed by atoms with Gasteiger partial charge in [-0.05, 0) is 30.5 Å². The summed E-state index contributed by atoms with van der Waals surface area (Å²) in [5.74, 6) is 0.408. The van der Waals surface area contributed by atoms with Gasteiger partial charge in [-0.15, -0.1) is 0 Å². The van der Waals surface area contributed by atoms with Crippen LogP contribution in [-0.2, 0) is 17.9 Å². The Kier molecular flexibility index (Phi) is 9.56. The fourth-order valence-corrected chi connectivity index (χ4v) is 3.83. The van der Waals surface area contributed by atoms with Crippen LogP contribution in [0.2, 0.25) is 0 Å². The molecule has 0 N–H and O–H groups in total. The van der Waals surface area contributed by atoms with E-state index in [1.807, 2.05) is 48.5 Å². The van der Waals surface area contributed by atoms with E-state index >= 15 is 0 Å². The molecule has 0 unspecified atom stereocenters. The predicted octanol–water partition coefficient (Wildman–Crippen LogP) is 6.27. The summed E-state index contributed by atoms with van der Waals surface area (Å²) < 4.78 is 19.1. The minimum Gasteiger partial charge on any atom is -0.489 e. The molecule has 0 saturated heterocycles. The molecule has 182 valence electrons. The van der Waals surface area contributed by atoms with Crippen LogP contribution in [0.1, 0.15) is 64.9 Å². The van der Waals surface area contributed by atoms with Crippen LogP contribution in [0.4, 0.5) is 0 Å². The zero-order valence-electron chi connectivity index (χ0n) is 20.5. The number of aromatic nitrogens is 1. The molecule has 0 atom stereocenters. The molecule has 0 bridgehead atoms. The van der Waals surface area contributed by atoms with Gasteiger partial charge in [0.1, 0.15) is 12.4 Å². The molecule has 6 nitrogen and oxygen atoms in total. The fraction of sp³-hybridized carbons (Fsp3) is 0.429. The summed E-state index contributed by atoms with van der Waals surface area (Å²) in [6.07, 6.45) is 5.91. The number of carbonyl (C=O) groups excluding carboxylic acids is 1. The summed E-state index contributed by atoms with van der Waals surface area (Å²) in [6.45, 7) is 6.92. The lowest BCUT2D eigenvalue weighted by atomic mass is 10.1. The third kappa shape index (κ3) is 6.62. The molecule has 0 saturated carbocycles. The molecular formula is C28H35NO5. The molecule has 0 radical (unpaired) electrons. The van der Waals surface area contributed by atoms with Crippen molar-refractivity contribution in [2.45, 2.75) is 72.4 Å². The maximum atomic E-state index is 13.4. The summed E-state index contributed by atoms with van der Waals surface area (Å²) in [4.78, 5) is 25.3. The molecule has 3 rings (SSSR count). The molecule has 0 spiro atoms. The van der Waals surface area contributed by atoms with E-state index in [9.17, 15) is 9.59 Å². The van der Waals surface area contributed by atoms with Gasteiger partial charge in [0.2, 0.25) is 5.75 Å². The first-order chi connectivity index (χ1) is 16.5. The lowest BCUT2D eigenvalue weighted by Gasteiger charge is -2.18. The number of rotatable bonds is 13. The largest absolute Gasteiger partial charge is 0.489 e. The Hall–Kier alpha value is -3.28. The number of unbranched alkanes of at least 4 members (excludes halogenated alkanes) is 4. The number of hydrogen-bond donors (Lipinski definition) is 0. The average molecular weight is 466 g/mol. The Bertz CT molecular complexity index is 1140. The van der Waals surface area contributed by atoms with Gasteiger partial charge in [-0.3, -0.25) is 9.59 Å². The predicted molar refractivity (Wildman–Crippen MR) is 135 cm³/mol. The number of nitrogens with zero attached hydrogens (tertiary/aromatic N) is 1. The third-order valence-corrected chi connectivity index (χ3v) is 5.62. The number of aryl methyl sites for hydroxylation is 1. The Morgan fingerprint density at radius 3 is 2.35 bits per heavy atom. The van der Waals surface area contributed by atoms with E-state index in [4.69, 9.17) is 14.2 Å². The van der Waals surface area contributed by atoms with Crippen molar-refractivity contribution in [3.8, 4) is 17.2 Å². The van der Waals surface area contributed by atoms with Crippen LogP contribution in [0.15, 0.2) is 53.3 Å². The molecule has 0 aliphatic carbocycles. The number of ether oxygens (including phenoxy) is 3. The molecule has 1 aromatic heterocycles. The first-order valence-electron chi connectivity index (χ1n) is 12.2. The molecule has 2 aromatic carbocycles. The highest BCUT2D eigenvalue weighted by molar-refractivity contribution is 5.90. The van der Waals surface area contributed by atoms with Crippen molar-refractivity contribution in [2.24, 2.45) is 0 Å². The fourth-order valence-electron chi connectivity index (χ4n) is 3.83. The quantitative estimate of drug-likeness (QED) is 0.220. The smallest absolute Gasteiger partial charge is 0.308 e. The SMILES string of the molecule is CCCCCCOc1c(OC(C)=O)c(=O)n(CCCC)c2cc(OCc3ccccc3)ccc12. The molecule has 0 amide bonds. The van der Waals surface area contributed by atoms with Gasteiger partial charge < -0.3 is 18.8 Å². The maximum absolute atomic E-state index is 13.4. The van der Waals surface area contributed by atoms with Crippen molar-refractivity contribution in [2.75, 3.05) is 6.61 Å². The van der Waals surface area contributed by atoms with Gasteiger partial charge in [0, 0.05) is 24.9 Å². The van der Waals surface area contributed by atoms with E-state index in [0.29, 0.717) is 36.8 Å². The van der Waals surface area contributed by atoms with Crippen LogP contribution in [0.5, 0.6) is 17.2 Å². The molecule has 0 aliphatic rings. The monoisotopic (exact) mass is 465 g/mol. The molecule has 0 fully saturated rings. The van der Waals surface area contributed by atoms with Crippen molar-refractivity contribution in [1.82, 2.24) is 4.57 Å². The van der Waals surface area contributed by atoms with E-state index in [0.717, 1.165) is 49.5 Å². The highest BCUT2D eigenvalue weighted by Crippen LogP contribution is 2.35. The Morgan fingerprint density at radius 2 is 1.65 bits per heavy atom. The zero-order valence-corrected chi connectivity index (χ0v) is 20.5. The number of benzene rings is 2. The van der Waals surface area contributed by atoms with E-state index in [1.54, 1.807) is 4.57 Å². The second-order valence-corrected chi connectivity index (χ2v) is 8.42. The van der Waals surface area contributed by atoms with E-state index < -0.39 is 5.97 Å². The van der Waals surface area contributed by atoms with Crippen LogP contribution in [0.3, 0.4) is 0 Å².